The highest BCUT2D eigenvalue weighted by Gasteiger charge is 2.27. The number of benzene rings is 11. The summed E-state index contributed by atoms with van der Waals surface area (Å²) in [5.74, 6) is 0. The maximum absolute atomic E-state index is 2.52. The third-order valence-electron chi connectivity index (χ3n) is 12.8. The summed E-state index contributed by atoms with van der Waals surface area (Å²) in [5, 5.41) is 12.0. The molecule has 0 bridgehead atoms. The zero-order valence-corrected chi connectivity index (χ0v) is 34.2. The predicted octanol–water partition coefficient (Wildman–Crippen LogP) is 17.0. The number of anilines is 6. The van der Waals surface area contributed by atoms with Gasteiger partial charge < -0.3 is 9.80 Å². The van der Waals surface area contributed by atoms with E-state index in [0.717, 1.165) is 47.0 Å². The van der Waals surface area contributed by atoms with Crippen LogP contribution in [0.25, 0.3) is 71.1 Å². The van der Waals surface area contributed by atoms with E-state index >= 15 is 0 Å². The third kappa shape index (κ3) is 6.19. The highest BCUT2D eigenvalue weighted by atomic mass is 15.2. The fourth-order valence-corrected chi connectivity index (χ4v) is 9.74. The van der Waals surface area contributed by atoms with E-state index in [1.165, 1.54) is 76.1 Å². The van der Waals surface area contributed by atoms with Crippen molar-refractivity contribution >= 4 is 94.1 Å². The molecule has 0 radical (unpaired) electrons. The summed E-state index contributed by atoms with van der Waals surface area (Å²) in [7, 11) is 0. The van der Waals surface area contributed by atoms with E-state index in [1.54, 1.807) is 0 Å². The molecule has 0 heterocycles. The molecule has 1 aliphatic carbocycles. The van der Waals surface area contributed by atoms with Crippen molar-refractivity contribution < 1.29 is 0 Å². The third-order valence-corrected chi connectivity index (χ3v) is 12.8. The topological polar surface area (TPSA) is 6.48 Å². The number of hydrogen-bond acceptors (Lipinski definition) is 2. The van der Waals surface area contributed by atoms with Crippen LogP contribution >= 0.6 is 0 Å². The highest BCUT2D eigenvalue weighted by molar-refractivity contribution is 6.24. The summed E-state index contributed by atoms with van der Waals surface area (Å²) >= 11 is 0. The van der Waals surface area contributed by atoms with Crippen LogP contribution in [0, 0.1) is 0 Å². The van der Waals surface area contributed by atoms with Crippen LogP contribution in [0.4, 0.5) is 34.1 Å². The number of rotatable bonds is 7. The molecular weight excluding hydrogens is 749 g/mol. The summed E-state index contributed by atoms with van der Waals surface area (Å²) in [5.41, 5.74) is 11.8. The van der Waals surface area contributed by atoms with Gasteiger partial charge >= 0.3 is 0 Å². The molecule has 0 saturated carbocycles. The molecule has 1 aliphatic rings. The second kappa shape index (κ2) is 15.0. The molecule has 62 heavy (non-hydrogen) atoms. The molecule has 0 aromatic heterocycles. The summed E-state index contributed by atoms with van der Waals surface area (Å²) in [6.45, 7) is 0. The molecule has 292 valence electrons. The Balaban J connectivity index is 1.22. The Morgan fingerprint density at radius 2 is 0.758 bits per heavy atom. The molecule has 12 rings (SSSR count). The van der Waals surface area contributed by atoms with Crippen LogP contribution in [0.15, 0.2) is 224 Å². The van der Waals surface area contributed by atoms with Gasteiger partial charge in [0.05, 0.1) is 11.4 Å². The Kier molecular flexibility index (Phi) is 8.67. The lowest BCUT2D eigenvalue weighted by Gasteiger charge is -2.33. The van der Waals surface area contributed by atoms with Gasteiger partial charge in [0, 0.05) is 44.3 Å². The quantitative estimate of drug-likeness (QED) is 0.117. The first kappa shape index (κ1) is 36.0. The fourth-order valence-electron chi connectivity index (χ4n) is 9.74. The average Bonchev–Trinajstić information content (AvgIpc) is 3.34. The maximum Gasteiger partial charge on any atom is 0.0620 e. The van der Waals surface area contributed by atoms with Crippen molar-refractivity contribution in [3.8, 4) is 11.1 Å². The van der Waals surface area contributed by atoms with Gasteiger partial charge in [0.1, 0.15) is 0 Å². The van der Waals surface area contributed by atoms with E-state index in [2.05, 4.69) is 240 Å². The Morgan fingerprint density at radius 3 is 1.32 bits per heavy atom. The summed E-state index contributed by atoms with van der Waals surface area (Å²) in [4.78, 5) is 5.02. The molecule has 0 fully saturated rings. The van der Waals surface area contributed by atoms with Crippen molar-refractivity contribution in [2.45, 2.75) is 12.8 Å². The summed E-state index contributed by atoms with van der Waals surface area (Å²) < 4.78 is 0. The lowest BCUT2D eigenvalue weighted by atomic mass is 9.92. The van der Waals surface area contributed by atoms with Gasteiger partial charge in [0.25, 0.3) is 0 Å². The largest absolute Gasteiger partial charge is 0.309 e. The normalized spacial score (nSPS) is 12.3. The minimum Gasteiger partial charge on any atom is -0.309 e. The van der Waals surface area contributed by atoms with E-state index in [0.29, 0.717) is 0 Å². The SMILES string of the molecule is C1=Cc2cc(N(c3ccc4ccccc4c3)c3c4ccccc4c(N(c4ccc5ccccc5c4)c4ccc5ccccc5c4)c4ccc(-c5ccccc5)cc34)ccc2CC1. The van der Waals surface area contributed by atoms with Crippen LogP contribution in [0.1, 0.15) is 17.5 Å². The predicted molar refractivity (Wildman–Crippen MR) is 266 cm³/mol. The molecule has 0 spiro atoms. The van der Waals surface area contributed by atoms with Crippen molar-refractivity contribution in [2.24, 2.45) is 0 Å². The summed E-state index contributed by atoms with van der Waals surface area (Å²) in [6.07, 6.45) is 6.75. The van der Waals surface area contributed by atoms with Crippen LogP contribution in [0.5, 0.6) is 0 Å². The number of hydrogen-bond donors (Lipinski definition) is 0. The number of fused-ring (bicyclic) bond motifs is 6. The van der Waals surface area contributed by atoms with Crippen LogP contribution in [0.3, 0.4) is 0 Å². The van der Waals surface area contributed by atoms with E-state index in [1.807, 2.05) is 0 Å². The molecular formula is C60H42N2. The van der Waals surface area contributed by atoms with Gasteiger partial charge in [-0.05, 0) is 122 Å². The first-order valence-electron chi connectivity index (χ1n) is 21.6. The lowest BCUT2D eigenvalue weighted by molar-refractivity contribution is 0.985. The average molecular weight is 791 g/mol. The minimum absolute atomic E-state index is 1.06. The molecule has 0 amide bonds. The lowest BCUT2D eigenvalue weighted by Crippen LogP contribution is -2.15. The van der Waals surface area contributed by atoms with Gasteiger partial charge in [0.15, 0.2) is 0 Å². The number of aryl methyl sites for hydroxylation is 1. The fraction of sp³-hybridized carbons (Fsp3) is 0.0333. The standard InChI is InChI=1S/C60H42N2/c1-2-14-41(15-3-1)50-30-35-57-58(40-50)60(62(53-33-28-44-18-6-10-22-48(44)38-53)54-34-29-45-19-7-11-23-49(45)39-54)56-25-13-12-24-55(56)59(57)61(51-31-26-42-16-4-8-20-46(42)36-51)52-32-27-43-17-5-9-21-47(43)37-52/h1-6,8-18,20-40H,7,19H2. The van der Waals surface area contributed by atoms with Gasteiger partial charge in [-0.3, -0.25) is 0 Å². The van der Waals surface area contributed by atoms with E-state index in [9.17, 15) is 0 Å². The molecule has 0 atom stereocenters. The van der Waals surface area contributed by atoms with Crippen molar-refractivity contribution in [1.29, 1.82) is 0 Å². The number of nitrogens with zero attached hydrogens (tertiary/aromatic N) is 2. The molecule has 0 aliphatic heterocycles. The number of allylic oxidation sites excluding steroid dienone is 1. The van der Waals surface area contributed by atoms with Crippen molar-refractivity contribution in [2.75, 3.05) is 9.80 Å². The first-order chi connectivity index (χ1) is 30.7. The van der Waals surface area contributed by atoms with Crippen molar-refractivity contribution in [3.05, 3.63) is 236 Å². The van der Waals surface area contributed by atoms with Crippen LogP contribution in [0.2, 0.25) is 0 Å². The van der Waals surface area contributed by atoms with Crippen molar-refractivity contribution in [3.63, 3.8) is 0 Å². The van der Waals surface area contributed by atoms with Crippen LogP contribution in [-0.4, -0.2) is 0 Å². The van der Waals surface area contributed by atoms with Crippen LogP contribution in [-0.2, 0) is 6.42 Å². The smallest absolute Gasteiger partial charge is 0.0620 e. The van der Waals surface area contributed by atoms with Crippen LogP contribution < -0.4 is 9.80 Å². The zero-order valence-electron chi connectivity index (χ0n) is 34.2. The van der Waals surface area contributed by atoms with Gasteiger partial charge in [-0.15, -0.1) is 0 Å². The first-order valence-corrected chi connectivity index (χ1v) is 21.6. The Labute approximate surface area is 361 Å². The zero-order chi connectivity index (χ0) is 41.0. The van der Waals surface area contributed by atoms with Gasteiger partial charge in [0.2, 0.25) is 0 Å². The minimum atomic E-state index is 1.06. The molecule has 2 nitrogen and oxygen atoms in total. The second-order valence-corrected chi connectivity index (χ2v) is 16.5. The molecule has 11 aromatic rings. The van der Waals surface area contributed by atoms with Gasteiger partial charge in [-0.1, -0.05) is 176 Å². The van der Waals surface area contributed by atoms with Crippen molar-refractivity contribution in [1.82, 2.24) is 0 Å². The molecule has 0 unspecified atom stereocenters. The Hall–Kier alpha value is -7.94. The molecule has 0 N–H and O–H groups in total. The molecule has 2 heteroatoms. The van der Waals surface area contributed by atoms with Gasteiger partial charge in [-0.2, -0.15) is 0 Å². The van der Waals surface area contributed by atoms with E-state index in [-0.39, 0.29) is 0 Å². The van der Waals surface area contributed by atoms with E-state index < -0.39 is 0 Å². The Morgan fingerprint density at radius 1 is 0.306 bits per heavy atom. The monoisotopic (exact) mass is 790 g/mol. The second-order valence-electron chi connectivity index (χ2n) is 16.5. The van der Waals surface area contributed by atoms with Gasteiger partial charge in [-0.25, -0.2) is 0 Å². The summed E-state index contributed by atoms with van der Waals surface area (Å²) in [6, 6.07) is 80.8. The molecule has 11 aromatic carbocycles. The maximum atomic E-state index is 2.52. The van der Waals surface area contributed by atoms with E-state index in [4.69, 9.17) is 0 Å². The Bertz CT molecular complexity index is 3470. The molecule has 0 saturated heterocycles. The highest BCUT2D eigenvalue weighted by Crippen LogP contribution is 2.52.